The molecule has 0 aliphatic heterocycles. The molecule has 1 aromatic carbocycles. The number of nitrogens with one attached hydrogen (secondary N) is 1. The molecule has 1 aromatic heterocycles. The molecule has 0 atom stereocenters. The standard InChI is InChI=1S/C15H14ClF3N4O2/c16-12-2-1-7-21-13(12)24-9-8-22-14(20)23-10-3-5-11(6-4-10)25-15(17,18)19/h1-7H,8-9H2,(H3,20,22,23). The van der Waals surface area contributed by atoms with Gasteiger partial charge in [0.15, 0.2) is 5.96 Å². The molecular formula is C15H14ClF3N4O2. The summed E-state index contributed by atoms with van der Waals surface area (Å²) in [6, 6.07) is 8.42. The number of nitrogens with two attached hydrogens (primary N) is 1. The van der Waals surface area contributed by atoms with Crippen LogP contribution in [0.4, 0.5) is 18.9 Å². The molecule has 0 saturated heterocycles. The number of anilines is 1. The van der Waals surface area contributed by atoms with Gasteiger partial charge < -0.3 is 20.5 Å². The van der Waals surface area contributed by atoms with E-state index in [-0.39, 0.29) is 24.9 Å². The molecule has 0 saturated carbocycles. The van der Waals surface area contributed by atoms with E-state index in [1.54, 1.807) is 18.3 Å². The second kappa shape index (κ2) is 8.43. The van der Waals surface area contributed by atoms with Crippen molar-refractivity contribution in [2.24, 2.45) is 10.7 Å². The van der Waals surface area contributed by atoms with Crippen molar-refractivity contribution >= 4 is 23.2 Å². The molecule has 25 heavy (non-hydrogen) atoms. The average Bonchev–Trinajstić information content (AvgIpc) is 2.54. The number of pyridine rings is 1. The first-order chi connectivity index (χ1) is 11.8. The fraction of sp³-hybridized carbons (Fsp3) is 0.200. The van der Waals surface area contributed by atoms with E-state index in [4.69, 9.17) is 22.1 Å². The van der Waals surface area contributed by atoms with Crippen molar-refractivity contribution in [2.75, 3.05) is 18.5 Å². The van der Waals surface area contributed by atoms with Gasteiger partial charge in [0.05, 0.1) is 6.54 Å². The van der Waals surface area contributed by atoms with Crippen molar-refractivity contribution in [2.45, 2.75) is 6.36 Å². The third-order valence-corrected chi connectivity index (χ3v) is 2.98. The number of aromatic nitrogens is 1. The summed E-state index contributed by atoms with van der Waals surface area (Å²) in [4.78, 5) is 7.98. The maximum Gasteiger partial charge on any atom is 0.573 e. The Kier molecular flexibility index (Phi) is 6.29. The minimum atomic E-state index is -4.73. The molecule has 0 fully saturated rings. The number of aliphatic imine (C=N–C) groups is 1. The van der Waals surface area contributed by atoms with E-state index in [1.807, 2.05) is 0 Å². The zero-order chi connectivity index (χ0) is 18.3. The van der Waals surface area contributed by atoms with Crippen LogP contribution in [0.5, 0.6) is 11.6 Å². The second-order valence-corrected chi connectivity index (χ2v) is 5.01. The quantitative estimate of drug-likeness (QED) is 0.460. The van der Waals surface area contributed by atoms with Crippen LogP contribution in [0.25, 0.3) is 0 Å². The van der Waals surface area contributed by atoms with E-state index >= 15 is 0 Å². The molecule has 10 heteroatoms. The number of nitrogens with zero attached hydrogens (tertiary/aromatic N) is 2. The van der Waals surface area contributed by atoms with Crippen LogP contribution in [0.1, 0.15) is 0 Å². The van der Waals surface area contributed by atoms with E-state index in [0.29, 0.717) is 16.6 Å². The van der Waals surface area contributed by atoms with Crippen molar-refractivity contribution in [3.63, 3.8) is 0 Å². The fourth-order valence-corrected chi connectivity index (χ4v) is 1.89. The highest BCUT2D eigenvalue weighted by molar-refractivity contribution is 6.31. The summed E-state index contributed by atoms with van der Waals surface area (Å²) in [6.07, 6.45) is -3.18. The molecule has 1 heterocycles. The van der Waals surface area contributed by atoms with Crippen LogP contribution in [0, 0.1) is 0 Å². The smallest absolute Gasteiger partial charge is 0.475 e. The summed E-state index contributed by atoms with van der Waals surface area (Å²) in [5, 5.41) is 3.12. The molecule has 0 bridgehead atoms. The Hall–Kier alpha value is -2.68. The number of rotatable bonds is 6. The van der Waals surface area contributed by atoms with Gasteiger partial charge in [-0.05, 0) is 36.4 Å². The van der Waals surface area contributed by atoms with Gasteiger partial charge in [0, 0.05) is 11.9 Å². The van der Waals surface area contributed by atoms with Gasteiger partial charge in [0.1, 0.15) is 17.4 Å². The van der Waals surface area contributed by atoms with E-state index in [9.17, 15) is 13.2 Å². The maximum atomic E-state index is 12.1. The summed E-state index contributed by atoms with van der Waals surface area (Å²) in [7, 11) is 0. The minimum Gasteiger partial charge on any atom is -0.475 e. The zero-order valence-corrected chi connectivity index (χ0v) is 13.5. The Morgan fingerprint density at radius 1 is 1.24 bits per heavy atom. The summed E-state index contributed by atoms with van der Waals surface area (Å²) in [6.45, 7) is 0.443. The fourth-order valence-electron chi connectivity index (χ4n) is 1.71. The van der Waals surface area contributed by atoms with Gasteiger partial charge in [-0.15, -0.1) is 13.2 Å². The second-order valence-electron chi connectivity index (χ2n) is 4.60. The molecule has 0 aliphatic carbocycles. The van der Waals surface area contributed by atoms with Gasteiger partial charge in [0.2, 0.25) is 5.88 Å². The molecule has 0 amide bonds. The lowest BCUT2D eigenvalue weighted by atomic mass is 10.3. The number of ether oxygens (including phenoxy) is 2. The SMILES string of the molecule is NC(=NCCOc1ncccc1Cl)Nc1ccc(OC(F)(F)F)cc1. The Labute approximate surface area is 146 Å². The van der Waals surface area contributed by atoms with Gasteiger partial charge in [-0.25, -0.2) is 9.98 Å². The Bertz CT molecular complexity index is 723. The van der Waals surface area contributed by atoms with Gasteiger partial charge in [0.25, 0.3) is 0 Å². The monoisotopic (exact) mass is 374 g/mol. The van der Waals surface area contributed by atoms with E-state index < -0.39 is 6.36 Å². The number of halogens is 4. The Balaban J connectivity index is 1.80. The van der Waals surface area contributed by atoms with Crippen LogP contribution in [-0.4, -0.2) is 30.5 Å². The first-order valence-electron chi connectivity index (χ1n) is 6.99. The van der Waals surface area contributed by atoms with Crippen LogP contribution in [0.15, 0.2) is 47.6 Å². The Morgan fingerprint density at radius 2 is 1.96 bits per heavy atom. The van der Waals surface area contributed by atoms with Crippen molar-refractivity contribution in [3.8, 4) is 11.6 Å². The number of alkyl halides is 3. The van der Waals surface area contributed by atoms with Gasteiger partial charge >= 0.3 is 6.36 Å². The largest absolute Gasteiger partial charge is 0.573 e. The van der Waals surface area contributed by atoms with Crippen molar-refractivity contribution in [1.82, 2.24) is 4.98 Å². The van der Waals surface area contributed by atoms with Crippen molar-refractivity contribution < 1.29 is 22.6 Å². The summed E-state index contributed by atoms with van der Waals surface area (Å²) in [5.74, 6) is 0.0561. The zero-order valence-electron chi connectivity index (χ0n) is 12.8. The van der Waals surface area contributed by atoms with Crippen LogP contribution >= 0.6 is 11.6 Å². The normalized spacial score (nSPS) is 11.9. The molecule has 3 N–H and O–H groups in total. The first-order valence-corrected chi connectivity index (χ1v) is 7.37. The number of benzene rings is 1. The minimum absolute atomic E-state index is 0.0835. The molecular weight excluding hydrogens is 361 g/mol. The van der Waals surface area contributed by atoms with Crippen LogP contribution in [0.2, 0.25) is 5.02 Å². The third kappa shape index (κ3) is 6.76. The molecule has 6 nitrogen and oxygen atoms in total. The van der Waals surface area contributed by atoms with E-state index in [2.05, 4.69) is 20.0 Å². The lowest BCUT2D eigenvalue weighted by Crippen LogP contribution is -2.23. The number of hydrogen-bond acceptors (Lipinski definition) is 4. The predicted octanol–water partition coefficient (Wildman–Crippen LogP) is 3.44. The molecule has 2 rings (SSSR count). The first kappa shape index (κ1) is 18.7. The molecule has 0 aliphatic rings. The molecule has 134 valence electrons. The lowest BCUT2D eigenvalue weighted by Gasteiger charge is -2.10. The highest BCUT2D eigenvalue weighted by atomic mass is 35.5. The molecule has 2 aromatic rings. The van der Waals surface area contributed by atoms with Crippen molar-refractivity contribution in [3.05, 3.63) is 47.6 Å². The van der Waals surface area contributed by atoms with Crippen LogP contribution in [-0.2, 0) is 0 Å². The molecule has 0 spiro atoms. The predicted molar refractivity (Wildman–Crippen MR) is 88.0 cm³/mol. The van der Waals surface area contributed by atoms with Gasteiger partial charge in [-0.2, -0.15) is 0 Å². The average molecular weight is 375 g/mol. The summed E-state index contributed by atoms with van der Waals surface area (Å²) >= 11 is 5.88. The highest BCUT2D eigenvalue weighted by Gasteiger charge is 2.30. The number of hydrogen-bond donors (Lipinski definition) is 2. The van der Waals surface area contributed by atoms with Gasteiger partial charge in [-0.1, -0.05) is 11.6 Å². The maximum absolute atomic E-state index is 12.1. The van der Waals surface area contributed by atoms with Gasteiger partial charge in [-0.3, -0.25) is 0 Å². The van der Waals surface area contributed by atoms with Crippen molar-refractivity contribution in [1.29, 1.82) is 0 Å². The molecule has 0 unspecified atom stereocenters. The Morgan fingerprint density at radius 3 is 2.60 bits per heavy atom. The lowest BCUT2D eigenvalue weighted by molar-refractivity contribution is -0.274. The summed E-state index contributed by atoms with van der Waals surface area (Å²) in [5.41, 5.74) is 6.15. The molecule has 0 radical (unpaired) electrons. The van der Waals surface area contributed by atoms with Crippen LogP contribution < -0.4 is 20.5 Å². The summed E-state index contributed by atoms with van der Waals surface area (Å²) < 4.78 is 45.3. The number of guanidine groups is 1. The van der Waals surface area contributed by atoms with E-state index in [0.717, 1.165) is 12.1 Å². The third-order valence-electron chi connectivity index (χ3n) is 2.70. The van der Waals surface area contributed by atoms with Crippen LogP contribution in [0.3, 0.4) is 0 Å². The van der Waals surface area contributed by atoms with E-state index in [1.165, 1.54) is 12.1 Å². The highest BCUT2D eigenvalue weighted by Crippen LogP contribution is 2.24. The topological polar surface area (TPSA) is 81.8 Å².